The maximum atomic E-state index is 11.7. The minimum Gasteiger partial charge on any atom is -0.504 e. The molecule has 0 heterocycles. The molecular formula is C18H20O4. The van der Waals surface area contributed by atoms with Crippen LogP contribution in [0.1, 0.15) is 35.2 Å². The molecule has 0 amide bonds. The van der Waals surface area contributed by atoms with Crippen LogP contribution in [0.25, 0.3) is 0 Å². The Morgan fingerprint density at radius 2 is 1.68 bits per heavy atom. The van der Waals surface area contributed by atoms with Gasteiger partial charge >= 0.3 is 5.97 Å². The third-order valence-corrected chi connectivity index (χ3v) is 3.40. The lowest BCUT2D eigenvalue weighted by Gasteiger charge is -2.06. The average molecular weight is 300 g/mol. The number of hydrogen-bond donors (Lipinski definition) is 2. The van der Waals surface area contributed by atoms with Gasteiger partial charge in [0.15, 0.2) is 11.5 Å². The van der Waals surface area contributed by atoms with Crippen molar-refractivity contribution in [2.24, 2.45) is 0 Å². The number of phenolic OH excluding ortho intramolecular Hbond substituents is 2. The third-order valence-electron chi connectivity index (χ3n) is 3.40. The van der Waals surface area contributed by atoms with Crippen LogP contribution in [-0.2, 0) is 11.2 Å². The predicted octanol–water partition coefficient (Wildman–Crippen LogP) is 3.67. The van der Waals surface area contributed by atoms with Crippen molar-refractivity contribution in [1.29, 1.82) is 0 Å². The number of phenols is 2. The molecule has 4 heteroatoms. The quantitative estimate of drug-likeness (QED) is 0.465. The van der Waals surface area contributed by atoms with Gasteiger partial charge in [-0.1, -0.05) is 30.3 Å². The smallest absolute Gasteiger partial charge is 0.338 e. The van der Waals surface area contributed by atoms with Crippen LogP contribution < -0.4 is 0 Å². The van der Waals surface area contributed by atoms with E-state index in [9.17, 15) is 15.0 Å². The van der Waals surface area contributed by atoms with Crippen molar-refractivity contribution in [2.75, 3.05) is 6.61 Å². The van der Waals surface area contributed by atoms with Crippen LogP contribution in [0.5, 0.6) is 11.5 Å². The van der Waals surface area contributed by atoms with Crippen molar-refractivity contribution in [1.82, 2.24) is 0 Å². The summed E-state index contributed by atoms with van der Waals surface area (Å²) >= 11 is 0. The van der Waals surface area contributed by atoms with Crippen molar-refractivity contribution < 1.29 is 19.7 Å². The Balaban J connectivity index is 1.64. The van der Waals surface area contributed by atoms with Gasteiger partial charge in [0.25, 0.3) is 0 Å². The summed E-state index contributed by atoms with van der Waals surface area (Å²) in [5, 5.41) is 18.5. The molecule has 0 atom stereocenters. The van der Waals surface area contributed by atoms with Gasteiger partial charge in [0.2, 0.25) is 0 Å². The van der Waals surface area contributed by atoms with Crippen molar-refractivity contribution in [2.45, 2.75) is 25.7 Å². The third kappa shape index (κ3) is 4.81. The highest BCUT2D eigenvalue weighted by Crippen LogP contribution is 2.25. The molecule has 0 bridgehead atoms. The van der Waals surface area contributed by atoms with E-state index in [2.05, 4.69) is 12.1 Å². The zero-order chi connectivity index (χ0) is 15.8. The first kappa shape index (κ1) is 15.9. The molecule has 0 aliphatic carbocycles. The van der Waals surface area contributed by atoms with E-state index in [-0.39, 0.29) is 17.1 Å². The van der Waals surface area contributed by atoms with E-state index in [1.165, 1.54) is 23.8 Å². The van der Waals surface area contributed by atoms with Crippen LogP contribution in [0.15, 0.2) is 48.5 Å². The van der Waals surface area contributed by atoms with Crippen molar-refractivity contribution in [3.05, 3.63) is 59.7 Å². The molecule has 2 aromatic rings. The summed E-state index contributed by atoms with van der Waals surface area (Å²) in [6.07, 6.45) is 3.88. The summed E-state index contributed by atoms with van der Waals surface area (Å²) in [5.41, 5.74) is 1.55. The zero-order valence-electron chi connectivity index (χ0n) is 12.4. The lowest BCUT2D eigenvalue weighted by atomic mass is 10.1. The lowest BCUT2D eigenvalue weighted by molar-refractivity contribution is 0.0497. The van der Waals surface area contributed by atoms with Gasteiger partial charge in [-0.3, -0.25) is 0 Å². The summed E-state index contributed by atoms with van der Waals surface area (Å²) in [6.45, 7) is 0.356. The van der Waals surface area contributed by atoms with E-state index < -0.39 is 5.97 Å². The molecule has 0 aromatic heterocycles. The molecule has 2 aromatic carbocycles. The first-order valence-electron chi connectivity index (χ1n) is 7.40. The molecule has 4 nitrogen and oxygen atoms in total. The Labute approximate surface area is 130 Å². The number of aryl methyl sites for hydroxylation is 1. The van der Waals surface area contributed by atoms with Crippen LogP contribution in [0.4, 0.5) is 0 Å². The maximum absolute atomic E-state index is 11.7. The van der Waals surface area contributed by atoms with E-state index in [1.54, 1.807) is 0 Å². The van der Waals surface area contributed by atoms with E-state index >= 15 is 0 Å². The van der Waals surface area contributed by atoms with Gasteiger partial charge in [-0.05, 0) is 49.4 Å². The first-order chi connectivity index (χ1) is 10.7. The normalized spacial score (nSPS) is 10.4. The molecule has 0 fully saturated rings. The van der Waals surface area contributed by atoms with Crippen LogP contribution >= 0.6 is 0 Å². The Kier molecular flexibility index (Phi) is 5.83. The number of carbonyl (C=O) groups is 1. The summed E-state index contributed by atoms with van der Waals surface area (Å²) in [6, 6.07) is 14.2. The molecule has 0 saturated heterocycles. The predicted molar refractivity (Wildman–Crippen MR) is 84.1 cm³/mol. The Hall–Kier alpha value is -2.49. The minimum atomic E-state index is -0.488. The number of benzene rings is 2. The number of esters is 1. The van der Waals surface area contributed by atoms with Gasteiger partial charge in [0, 0.05) is 0 Å². The van der Waals surface area contributed by atoms with Gasteiger partial charge in [0.1, 0.15) is 0 Å². The first-order valence-corrected chi connectivity index (χ1v) is 7.40. The van der Waals surface area contributed by atoms with Gasteiger partial charge in [-0.25, -0.2) is 4.79 Å². The molecule has 2 N–H and O–H groups in total. The van der Waals surface area contributed by atoms with Crippen LogP contribution in [0.3, 0.4) is 0 Å². The molecule has 22 heavy (non-hydrogen) atoms. The van der Waals surface area contributed by atoms with Gasteiger partial charge in [-0.2, -0.15) is 0 Å². The Morgan fingerprint density at radius 3 is 2.41 bits per heavy atom. The van der Waals surface area contributed by atoms with Gasteiger partial charge in [-0.15, -0.1) is 0 Å². The number of rotatable bonds is 7. The standard InChI is InChI=1S/C18H20O4/c19-16-11-10-15(13-17(16)20)18(21)22-12-6-2-5-9-14-7-3-1-4-8-14/h1,3-4,7-8,10-11,13,19-20H,2,5-6,9,12H2. The summed E-state index contributed by atoms with van der Waals surface area (Å²) in [7, 11) is 0. The van der Waals surface area contributed by atoms with Crippen LogP contribution in [0, 0.1) is 0 Å². The topological polar surface area (TPSA) is 66.8 Å². The highest BCUT2D eigenvalue weighted by molar-refractivity contribution is 5.90. The molecule has 0 aliphatic rings. The fraction of sp³-hybridized carbons (Fsp3) is 0.278. The molecule has 2 rings (SSSR count). The molecule has 0 unspecified atom stereocenters. The number of aromatic hydroxyl groups is 2. The van der Waals surface area contributed by atoms with Gasteiger partial charge < -0.3 is 14.9 Å². The second kappa shape index (κ2) is 8.08. The average Bonchev–Trinajstić information content (AvgIpc) is 2.54. The summed E-state index contributed by atoms with van der Waals surface area (Å²) in [5.74, 6) is -1.06. The monoisotopic (exact) mass is 300 g/mol. The van der Waals surface area contributed by atoms with E-state index in [0.29, 0.717) is 6.61 Å². The number of ether oxygens (including phenoxy) is 1. The molecule has 0 saturated carbocycles. The number of carbonyl (C=O) groups excluding carboxylic acids is 1. The zero-order valence-corrected chi connectivity index (χ0v) is 12.4. The fourth-order valence-electron chi connectivity index (χ4n) is 2.15. The SMILES string of the molecule is O=C(OCCCCCc1ccccc1)c1ccc(O)c(O)c1. The van der Waals surface area contributed by atoms with Crippen LogP contribution in [-0.4, -0.2) is 22.8 Å². The molecule has 0 spiro atoms. The second-order valence-electron chi connectivity index (χ2n) is 5.14. The van der Waals surface area contributed by atoms with Crippen molar-refractivity contribution in [3.8, 4) is 11.5 Å². The molecule has 0 aliphatic heterocycles. The van der Waals surface area contributed by atoms with Crippen LogP contribution in [0.2, 0.25) is 0 Å². The highest BCUT2D eigenvalue weighted by atomic mass is 16.5. The van der Waals surface area contributed by atoms with Crippen molar-refractivity contribution >= 4 is 5.97 Å². The van der Waals surface area contributed by atoms with Gasteiger partial charge in [0.05, 0.1) is 12.2 Å². The maximum Gasteiger partial charge on any atom is 0.338 e. The van der Waals surface area contributed by atoms with E-state index in [4.69, 9.17) is 4.74 Å². The summed E-state index contributed by atoms with van der Waals surface area (Å²) in [4.78, 5) is 11.7. The fourth-order valence-corrected chi connectivity index (χ4v) is 2.15. The Bertz CT molecular complexity index is 608. The minimum absolute atomic E-state index is 0.236. The van der Waals surface area contributed by atoms with E-state index in [0.717, 1.165) is 25.7 Å². The second-order valence-corrected chi connectivity index (χ2v) is 5.14. The molecular weight excluding hydrogens is 280 g/mol. The number of unbranched alkanes of at least 4 members (excludes halogenated alkanes) is 2. The van der Waals surface area contributed by atoms with E-state index in [1.807, 2.05) is 18.2 Å². The number of hydrogen-bond acceptors (Lipinski definition) is 4. The van der Waals surface area contributed by atoms with Crippen molar-refractivity contribution in [3.63, 3.8) is 0 Å². The molecule has 0 radical (unpaired) electrons. The summed E-state index contributed by atoms with van der Waals surface area (Å²) < 4.78 is 5.14. The molecule has 116 valence electrons. The largest absolute Gasteiger partial charge is 0.504 e. The lowest BCUT2D eigenvalue weighted by Crippen LogP contribution is -2.06. The Morgan fingerprint density at radius 1 is 0.909 bits per heavy atom. The highest BCUT2D eigenvalue weighted by Gasteiger charge is 2.09.